The zero-order valence-corrected chi connectivity index (χ0v) is 17.4. The summed E-state index contributed by atoms with van der Waals surface area (Å²) in [6, 6.07) is 8.62. The minimum Gasteiger partial charge on any atom is -0.493 e. The lowest BCUT2D eigenvalue weighted by atomic mass is 9.46. The predicted octanol–water partition coefficient (Wildman–Crippen LogP) is 3.91. The van der Waals surface area contributed by atoms with Gasteiger partial charge in [0.05, 0.1) is 18.8 Å². The normalized spacial score (nSPS) is 34.0. The van der Waals surface area contributed by atoms with Crippen LogP contribution in [0.15, 0.2) is 51.7 Å². The summed E-state index contributed by atoms with van der Waals surface area (Å²) in [4.78, 5) is 11.5. The molecule has 0 unspecified atom stereocenters. The fraction of sp³-hybridized carbons (Fsp3) is 0.542. The maximum atomic E-state index is 11.5. The molecule has 0 bridgehead atoms. The van der Waals surface area contributed by atoms with Crippen molar-refractivity contribution < 1.29 is 19.4 Å². The van der Waals surface area contributed by atoms with Gasteiger partial charge in [-0.2, -0.15) is 0 Å². The zero-order chi connectivity index (χ0) is 21.0. The monoisotopic (exact) mass is 398 g/mol. The highest BCUT2D eigenvalue weighted by Gasteiger charge is 2.59. The van der Waals surface area contributed by atoms with Crippen LogP contribution in [0.25, 0.3) is 11.0 Å². The summed E-state index contributed by atoms with van der Waals surface area (Å²) >= 11 is 0. The number of ether oxygens (including phenoxy) is 1. The molecule has 0 spiro atoms. The van der Waals surface area contributed by atoms with Gasteiger partial charge in [-0.05, 0) is 54.2 Å². The molecule has 2 aliphatic carbocycles. The molecule has 2 aromatic rings. The quantitative estimate of drug-likeness (QED) is 0.605. The lowest BCUT2D eigenvalue weighted by molar-refractivity contribution is -0.171. The van der Waals surface area contributed by atoms with Crippen LogP contribution in [0.2, 0.25) is 0 Å². The predicted molar refractivity (Wildman–Crippen MR) is 112 cm³/mol. The van der Waals surface area contributed by atoms with Gasteiger partial charge in [-0.25, -0.2) is 4.79 Å². The summed E-state index contributed by atoms with van der Waals surface area (Å²) in [6.45, 7) is 11.0. The molecule has 5 nitrogen and oxygen atoms in total. The van der Waals surface area contributed by atoms with Crippen molar-refractivity contribution in [2.45, 2.75) is 52.2 Å². The highest BCUT2D eigenvalue weighted by Crippen LogP contribution is 2.60. The van der Waals surface area contributed by atoms with Crippen molar-refractivity contribution in [1.82, 2.24) is 0 Å². The molecule has 2 aliphatic rings. The van der Waals surface area contributed by atoms with Gasteiger partial charge < -0.3 is 19.4 Å². The summed E-state index contributed by atoms with van der Waals surface area (Å²) in [6.07, 6.45) is 1.11. The van der Waals surface area contributed by atoms with Gasteiger partial charge in [0.1, 0.15) is 11.3 Å². The van der Waals surface area contributed by atoms with Crippen molar-refractivity contribution in [1.29, 1.82) is 0 Å². The fourth-order valence-corrected chi connectivity index (χ4v) is 5.97. The zero-order valence-electron chi connectivity index (χ0n) is 17.4. The third kappa shape index (κ3) is 3.30. The van der Waals surface area contributed by atoms with Crippen LogP contribution in [0.3, 0.4) is 0 Å². The molecule has 5 atom stereocenters. The van der Waals surface area contributed by atoms with Crippen LogP contribution in [0.1, 0.15) is 40.0 Å². The van der Waals surface area contributed by atoms with E-state index in [4.69, 9.17) is 9.15 Å². The maximum Gasteiger partial charge on any atom is 0.336 e. The first-order chi connectivity index (χ1) is 13.6. The first-order valence-electron chi connectivity index (χ1n) is 10.3. The number of fused-ring (bicyclic) bond motifs is 2. The largest absolute Gasteiger partial charge is 0.493 e. The van der Waals surface area contributed by atoms with Crippen molar-refractivity contribution in [3.05, 3.63) is 52.9 Å². The molecule has 4 rings (SSSR count). The Bertz CT molecular complexity index is 990. The molecule has 1 aromatic carbocycles. The van der Waals surface area contributed by atoms with E-state index >= 15 is 0 Å². The van der Waals surface area contributed by atoms with E-state index in [-0.39, 0.29) is 28.3 Å². The summed E-state index contributed by atoms with van der Waals surface area (Å²) in [5.74, 6) is 0.676. The van der Waals surface area contributed by atoms with Crippen LogP contribution in [0.5, 0.6) is 5.75 Å². The van der Waals surface area contributed by atoms with Gasteiger partial charge in [-0.15, -0.1) is 0 Å². The van der Waals surface area contributed by atoms with E-state index in [9.17, 15) is 15.0 Å². The maximum absolute atomic E-state index is 11.5. The van der Waals surface area contributed by atoms with Gasteiger partial charge >= 0.3 is 5.63 Å². The third-order valence-electron chi connectivity index (χ3n) is 7.48. The first kappa shape index (κ1) is 20.2. The highest BCUT2D eigenvalue weighted by atomic mass is 16.5. The van der Waals surface area contributed by atoms with Gasteiger partial charge in [0.15, 0.2) is 0 Å². The number of benzene rings is 1. The molecule has 156 valence electrons. The number of hydrogen-bond donors (Lipinski definition) is 2. The molecule has 1 heterocycles. The van der Waals surface area contributed by atoms with Gasteiger partial charge in [0.2, 0.25) is 0 Å². The van der Waals surface area contributed by atoms with E-state index in [2.05, 4.69) is 27.4 Å². The molecule has 0 amide bonds. The van der Waals surface area contributed by atoms with Crippen molar-refractivity contribution in [3.63, 3.8) is 0 Å². The van der Waals surface area contributed by atoms with E-state index in [0.29, 0.717) is 30.8 Å². The summed E-state index contributed by atoms with van der Waals surface area (Å²) in [7, 11) is 0. The molecule has 5 heteroatoms. The summed E-state index contributed by atoms with van der Waals surface area (Å²) in [5, 5.41) is 22.3. The molecular weight excluding hydrogens is 368 g/mol. The van der Waals surface area contributed by atoms with Gasteiger partial charge in [0, 0.05) is 23.4 Å². The van der Waals surface area contributed by atoms with E-state index in [1.807, 2.05) is 12.1 Å². The van der Waals surface area contributed by atoms with E-state index in [1.54, 1.807) is 12.1 Å². The number of rotatable bonds is 3. The third-order valence-corrected chi connectivity index (χ3v) is 7.48. The highest BCUT2D eigenvalue weighted by molar-refractivity contribution is 5.77. The Kier molecular flexibility index (Phi) is 4.87. The Morgan fingerprint density at radius 3 is 2.69 bits per heavy atom. The second kappa shape index (κ2) is 6.99. The molecule has 0 saturated heterocycles. The number of aliphatic hydroxyl groups is 2. The van der Waals surface area contributed by atoms with E-state index < -0.39 is 12.2 Å². The smallest absolute Gasteiger partial charge is 0.336 e. The molecule has 0 aliphatic heterocycles. The lowest BCUT2D eigenvalue weighted by Crippen LogP contribution is -2.60. The molecule has 2 fully saturated rings. The van der Waals surface area contributed by atoms with E-state index in [1.165, 1.54) is 6.07 Å². The second-order valence-electron chi connectivity index (χ2n) is 9.61. The van der Waals surface area contributed by atoms with Gasteiger partial charge in [-0.3, -0.25) is 0 Å². The second-order valence-corrected chi connectivity index (χ2v) is 9.61. The molecule has 2 N–H and O–H groups in total. The fourth-order valence-electron chi connectivity index (χ4n) is 5.97. The SMILES string of the molecule is C=C1C[C@@H](O)[C@@H]2C(C)(C)[C@H](O)CC[C@@]2(C)[C@H]1COc1ccc2ccc(=O)oc2c1. The average molecular weight is 398 g/mol. The number of hydrogen-bond acceptors (Lipinski definition) is 5. The molecule has 1 aromatic heterocycles. The van der Waals surface area contributed by atoms with E-state index in [0.717, 1.165) is 17.4 Å². The van der Waals surface area contributed by atoms with Crippen LogP contribution in [-0.2, 0) is 0 Å². The van der Waals surface area contributed by atoms with Crippen molar-refractivity contribution >= 4 is 11.0 Å². The van der Waals surface area contributed by atoms with Gasteiger partial charge in [-0.1, -0.05) is 32.9 Å². The van der Waals surface area contributed by atoms with Crippen molar-refractivity contribution in [2.24, 2.45) is 22.7 Å². The Balaban J connectivity index is 1.60. The van der Waals surface area contributed by atoms with Crippen molar-refractivity contribution in [2.75, 3.05) is 6.61 Å². The minimum absolute atomic E-state index is 0.0347. The Morgan fingerprint density at radius 2 is 1.93 bits per heavy atom. The molecule has 29 heavy (non-hydrogen) atoms. The molecular formula is C24H30O5. The summed E-state index contributed by atoms with van der Waals surface area (Å²) < 4.78 is 11.4. The van der Waals surface area contributed by atoms with Crippen LogP contribution in [0, 0.1) is 22.7 Å². The standard InChI is InChI=1S/C24H30O5/c1-14-11-18(25)22-23(2,3)20(26)9-10-24(22,4)17(14)13-28-16-7-5-15-6-8-21(27)29-19(15)12-16/h5-8,12,17-18,20,22,25-26H,1,9-11,13H2,2-4H3/t17-,18+,20+,22+,24-/m0/s1. The van der Waals surface area contributed by atoms with Crippen molar-refractivity contribution in [3.8, 4) is 5.75 Å². The van der Waals surface area contributed by atoms with Crippen LogP contribution >= 0.6 is 0 Å². The first-order valence-corrected chi connectivity index (χ1v) is 10.3. The topological polar surface area (TPSA) is 79.9 Å². The minimum atomic E-state index is -0.511. The average Bonchev–Trinajstić information content (AvgIpc) is 2.64. The Morgan fingerprint density at radius 1 is 1.21 bits per heavy atom. The Labute approximate surface area is 171 Å². The van der Waals surface area contributed by atoms with Crippen LogP contribution in [-0.4, -0.2) is 29.0 Å². The van der Waals surface area contributed by atoms with Gasteiger partial charge in [0.25, 0.3) is 0 Å². The molecule has 2 saturated carbocycles. The number of aliphatic hydroxyl groups excluding tert-OH is 2. The van der Waals surface area contributed by atoms with Crippen LogP contribution in [0.4, 0.5) is 0 Å². The summed E-state index contributed by atoms with van der Waals surface area (Å²) in [5.41, 5.74) is 0.524. The molecule has 0 radical (unpaired) electrons. The van der Waals surface area contributed by atoms with Crippen LogP contribution < -0.4 is 10.4 Å². The lowest BCUT2D eigenvalue weighted by Gasteiger charge is -2.60. The Hall–Kier alpha value is -2.11.